The molecular formula is C20H18O5. The molecule has 25 heavy (non-hydrogen) atoms. The van der Waals surface area contributed by atoms with Gasteiger partial charge in [0.25, 0.3) is 0 Å². The van der Waals surface area contributed by atoms with E-state index in [1.54, 1.807) is 48.5 Å². The average Bonchev–Trinajstić information content (AvgIpc) is 2.63. The molecule has 0 saturated carbocycles. The fourth-order valence-corrected chi connectivity index (χ4v) is 2.57. The number of hydrogen-bond donors (Lipinski definition) is 1. The van der Waals surface area contributed by atoms with Crippen molar-refractivity contribution in [3.63, 3.8) is 0 Å². The van der Waals surface area contributed by atoms with Gasteiger partial charge in [-0.1, -0.05) is 31.2 Å². The average molecular weight is 338 g/mol. The van der Waals surface area contributed by atoms with Crippen LogP contribution in [0.4, 0.5) is 0 Å². The second-order valence-electron chi connectivity index (χ2n) is 5.72. The molecule has 1 heterocycles. The molecule has 0 saturated heterocycles. The molecule has 1 N–H and O–H groups in total. The number of para-hydroxylation sites is 1. The van der Waals surface area contributed by atoms with Gasteiger partial charge in [-0.15, -0.1) is 0 Å². The van der Waals surface area contributed by atoms with E-state index in [0.717, 1.165) is 12.0 Å². The maximum absolute atomic E-state index is 12.2. The van der Waals surface area contributed by atoms with E-state index >= 15 is 0 Å². The van der Waals surface area contributed by atoms with Gasteiger partial charge in [0.2, 0.25) is 0 Å². The van der Waals surface area contributed by atoms with Crippen molar-refractivity contribution in [1.29, 1.82) is 0 Å². The minimum Gasteiger partial charge on any atom is -0.507 e. The monoisotopic (exact) mass is 338 g/mol. The summed E-state index contributed by atoms with van der Waals surface area (Å²) in [6.07, 6.45) is 0.976. The van der Waals surface area contributed by atoms with Crippen molar-refractivity contribution < 1.29 is 19.1 Å². The molecule has 0 radical (unpaired) electrons. The summed E-state index contributed by atoms with van der Waals surface area (Å²) in [5.74, 6) is -0.445. The SMILES string of the molecule is CCCOC(=O)c1ccc(Cc2c(O)c3ccccc3oc2=O)cc1. The summed E-state index contributed by atoms with van der Waals surface area (Å²) in [4.78, 5) is 24.0. The number of ether oxygens (including phenoxy) is 1. The third-order valence-corrected chi connectivity index (χ3v) is 3.88. The molecule has 0 aliphatic rings. The molecule has 0 unspecified atom stereocenters. The number of benzene rings is 2. The van der Waals surface area contributed by atoms with Gasteiger partial charge in [-0.2, -0.15) is 0 Å². The summed E-state index contributed by atoms with van der Waals surface area (Å²) in [6.45, 7) is 2.31. The number of carbonyl (C=O) groups is 1. The lowest BCUT2D eigenvalue weighted by molar-refractivity contribution is 0.0505. The van der Waals surface area contributed by atoms with Crippen molar-refractivity contribution in [2.24, 2.45) is 0 Å². The second kappa shape index (κ2) is 7.21. The van der Waals surface area contributed by atoms with Gasteiger partial charge in [-0.3, -0.25) is 0 Å². The van der Waals surface area contributed by atoms with Crippen LogP contribution in [0.5, 0.6) is 5.75 Å². The predicted octanol–water partition coefficient (Wildman–Crippen LogP) is 3.66. The number of esters is 1. The van der Waals surface area contributed by atoms with Crippen molar-refractivity contribution >= 4 is 16.9 Å². The van der Waals surface area contributed by atoms with Crippen LogP contribution < -0.4 is 5.63 Å². The summed E-state index contributed by atoms with van der Waals surface area (Å²) in [7, 11) is 0. The van der Waals surface area contributed by atoms with Crippen LogP contribution in [-0.2, 0) is 11.2 Å². The number of rotatable bonds is 5. The van der Waals surface area contributed by atoms with E-state index in [2.05, 4.69) is 0 Å². The van der Waals surface area contributed by atoms with Crippen LogP contribution in [0.1, 0.15) is 34.8 Å². The summed E-state index contributed by atoms with van der Waals surface area (Å²) < 4.78 is 10.3. The van der Waals surface area contributed by atoms with Crippen molar-refractivity contribution in [2.45, 2.75) is 19.8 Å². The first-order valence-corrected chi connectivity index (χ1v) is 8.10. The minimum absolute atomic E-state index is 0.0710. The fraction of sp³-hybridized carbons (Fsp3) is 0.200. The molecule has 128 valence electrons. The van der Waals surface area contributed by atoms with Crippen LogP contribution in [0.2, 0.25) is 0 Å². The molecule has 5 nitrogen and oxygen atoms in total. The van der Waals surface area contributed by atoms with Crippen LogP contribution in [0.3, 0.4) is 0 Å². The van der Waals surface area contributed by atoms with E-state index in [0.29, 0.717) is 23.1 Å². The largest absolute Gasteiger partial charge is 0.507 e. The smallest absolute Gasteiger partial charge is 0.343 e. The van der Waals surface area contributed by atoms with Crippen molar-refractivity contribution in [2.75, 3.05) is 6.61 Å². The molecule has 0 fully saturated rings. The van der Waals surface area contributed by atoms with Gasteiger partial charge in [0.15, 0.2) is 0 Å². The van der Waals surface area contributed by atoms with Crippen molar-refractivity contribution in [3.05, 3.63) is 75.6 Å². The number of fused-ring (bicyclic) bond motifs is 1. The van der Waals surface area contributed by atoms with Crippen LogP contribution in [0, 0.1) is 0 Å². The zero-order valence-electron chi connectivity index (χ0n) is 13.8. The Labute approximate surface area is 144 Å². The van der Waals surface area contributed by atoms with E-state index < -0.39 is 5.63 Å². The van der Waals surface area contributed by atoms with Gasteiger partial charge in [0, 0.05) is 6.42 Å². The third-order valence-electron chi connectivity index (χ3n) is 3.88. The van der Waals surface area contributed by atoms with E-state index in [4.69, 9.17) is 9.15 Å². The van der Waals surface area contributed by atoms with Crippen molar-refractivity contribution in [3.8, 4) is 5.75 Å². The van der Waals surface area contributed by atoms with E-state index in [9.17, 15) is 14.7 Å². The van der Waals surface area contributed by atoms with Gasteiger partial charge in [0.05, 0.1) is 23.1 Å². The first-order valence-electron chi connectivity index (χ1n) is 8.10. The lowest BCUT2D eigenvalue weighted by Crippen LogP contribution is -2.09. The number of hydrogen-bond acceptors (Lipinski definition) is 5. The molecule has 0 amide bonds. The summed E-state index contributed by atoms with van der Waals surface area (Å²) in [6, 6.07) is 13.6. The fourth-order valence-electron chi connectivity index (χ4n) is 2.57. The summed E-state index contributed by atoms with van der Waals surface area (Å²) in [5, 5.41) is 10.9. The zero-order chi connectivity index (χ0) is 17.8. The molecule has 0 aliphatic heterocycles. The summed E-state index contributed by atoms with van der Waals surface area (Å²) >= 11 is 0. The molecule has 0 aliphatic carbocycles. The quantitative estimate of drug-likeness (QED) is 0.567. The van der Waals surface area contributed by atoms with E-state index in [1.807, 2.05) is 6.92 Å². The Morgan fingerprint density at radius 3 is 2.56 bits per heavy atom. The Bertz CT molecular complexity index is 954. The molecule has 0 spiro atoms. The van der Waals surface area contributed by atoms with E-state index in [-0.39, 0.29) is 23.7 Å². The van der Waals surface area contributed by atoms with Crippen LogP contribution >= 0.6 is 0 Å². The van der Waals surface area contributed by atoms with Crippen LogP contribution in [-0.4, -0.2) is 17.7 Å². The zero-order valence-corrected chi connectivity index (χ0v) is 13.8. The van der Waals surface area contributed by atoms with Crippen LogP contribution in [0.25, 0.3) is 11.0 Å². The van der Waals surface area contributed by atoms with Crippen LogP contribution in [0.15, 0.2) is 57.7 Å². The number of aromatic hydroxyl groups is 1. The van der Waals surface area contributed by atoms with Gasteiger partial charge < -0.3 is 14.3 Å². The highest BCUT2D eigenvalue weighted by atomic mass is 16.5. The van der Waals surface area contributed by atoms with Gasteiger partial charge in [0.1, 0.15) is 11.3 Å². The standard InChI is InChI=1S/C20H18O5/c1-2-11-24-19(22)14-9-7-13(8-10-14)12-16-18(21)15-5-3-4-6-17(15)25-20(16)23/h3-10,21H,2,11-12H2,1H3. The predicted molar refractivity (Wildman–Crippen MR) is 94.0 cm³/mol. The molecule has 5 heteroatoms. The Morgan fingerprint density at radius 2 is 1.84 bits per heavy atom. The highest BCUT2D eigenvalue weighted by Gasteiger charge is 2.14. The molecule has 3 aromatic rings. The topological polar surface area (TPSA) is 76.7 Å². The highest BCUT2D eigenvalue weighted by Crippen LogP contribution is 2.27. The Balaban J connectivity index is 1.87. The second-order valence-corrected chi connectivity index (χ2v) is 5.72. The molecule has 3 rings (SSSR count). The van der Waals surface area contributed by atoms with Crippen molar-refractivity contribution in [1.82, 2.24) is 0 Å². The lowest BCUT2D eigenvalue weighted by Gasteiger charge is -2.07. The molecular weight excluding hydrogens is 320 g/mol. The summed E-state index contributed by atoms with van der Waals surface area (Å²) in [5.41, 5.74) is 1.21. The van der Waals surface area contributed by atoms with E-state index in [1.165, 1.54) is 0 Å². The first-order chi connectivity index (χ1) is 12.1. The first kappa shape index (κ1) is 16.8. The molecule has 0 atom stereocenters. The normalized spacial score (nSPS) is 10.8. The Hall–Kier alpha value is -3.08. The molecule has 0 bridgehead atoms. The van der Waals surface area contributed by atoms with Gasteiger partial charge in [-0.05, 0) is 36.2 Å². The van der Waals surface area contributed by atoms with Gasteiger partial charge >= 0.3 is 11.6 Å². The maximum Gasteiger partial charge on any atom is 0.343 e. The molecule has 2 aromatic carbocycles. The maximum atomic E-state index is 12.2. The highest BCUT2D eigenvalue weighted by molar-refractivity contribution is 5.89. The van der Waals surface area contributed by atoms with Gasteiger partial charge in [-0.25, -0.2) is 9.59 Å². The number of carbonyl (C=O) groups excluding carboxylic acids is 1. The minimum atomic E-state index is -0.567. The third kappa shape index (κ3) is 3.55. The Kier molecular flexibility index (Phi) is 4.84. The Morgan fingerprint density at radius 1 is 1.12 bits per heavy atom. The lowest BCUT2D eigenvalue weighted by atomic mass is 10.0. The molecule has 1 aromatic heterocycles.